The van der Waals surface area contributed by atoms with Gasteiger partial charge in [0.15, 0.2) is 0 Å². The van der Waals surface area contributed by atoms with E-state index in [4.69, 9.17) is 0 Å². The summed E-state index contributed by atoms with van der Waals surface area (Å²) >= 11 is 0. The molecule has 0 aromatic carbocycles. The van der Waals surface area contributed by atoms with Crippen molar-refractivity contribution < 1.29 is 4.21 Å². The Morgan fingerprint density at radius 2 is 1.50 bits per heavy atom. The van der Waals surface area contributed by atoms with Crippen molar-refractivity contribution in [3.8, 4) is 0 Å². The van der Waals surface area contributed by atoms with E-state index in [0.717, 1.165) is 23.3 Å². The van der Waals surface area contributed by atoms with Crippen LogP contribution in [0.3, 0.4) is 0 Å². The second-order valence-corrected chi connectivity index (χ2v) is 5.12. The summed E-state index contributed by atoms with van der Waals surface area (Å²) in [7, 11) is -0.443. The lowest BCUT2D eigenvalue weighted by atomic mass is 9.82. The Morgan fingerprint density at radius 3 is 2.00 bits per heavy atom. The van der Waals surface area contributed by atoms with Crippen LogP contribution in [0.4, 0.5) is 0 Å². The third-order valence-corrected chi connectivity index (χ3v) is 4.47. The number of rotatable bonds is 0. The molecular formula is C8H14OS. The first-order valence-electron chi connectivity index (χ1n) is 4.21. The van der Waals surface area contributed by atoms with E-state index in [9.17, 15) is 4.21 Å². The molecule has 1 aliphatic heterocycles. The van der Waals surface area contributed by atoms with Crippen molar-refractivity contribution in [1.82, 2.24) is 0 Å². The molecule has 0 radical (unpaired) electrons. The van der Waals surface area contributed by atoms with Crippen LogP contribution in [-0.2, 0) is 10.8 Å². The predicted octanol–water partition coefficient (Wildman–Crippen LogP) is 1.56. The molecule has 1 saturated carbocycles. The predicted molar refractivity (Wildman–Crippen MR) is 43.3 cm³/mol. The van der Waals surface area contributed by atoms with E-state index in [-0.39, 0.29) is 0 Å². The summed E-state index contributed by atoms with van der Waals surface area (Å²) in [5, 5.41) is 0. The molecule has 2 heteroatoms. The van der Waals surface area contributed by atoms with Gasteiger partial charge in [-0.25, -0.2) is 0 Å². The Labute approximate surface area is 64.7 Å². The zero-order valence-electron chi connectivity index (χ0n) is 6.21. The topological polar surface area (TPSA) is 17.1 Å². The molecule has 1 aliphatic carbocycles. The van der Waals surface area contributed by atoms with E-state index in [1.807, 2.05) is 0 Å². The van der Waals surface area contributed by atoms with Gasteiger partial charge in [0, 0.05) is 22.3 Å². The van der Waals surface area contributed by atoms with Crippen molar-refractivity contribution in [3.63, 3.8) is 0 Å². The molecule has 58 valence electrons. The Morgan fingerprint density at radius 1 is 1.00 bits per heavy atom. The van der Waals surface area contributed by atoms with Crippen LogP contribution in [0.5, 0.6) is 0 Å². The second kappa shape index (κ2) is 2.65. The van der Waals surface area contributed by atoms with Crippen molar-refractivity contribution in [3.05, 3.63) is 0 Å². The van der Waals surface area contributed by atoms with Gasteiger partial charge in [0.2, 0.25) is 0 Å². The van der Waals surface area contributed by atoms with E-state index in [1.54, 1.807) is 0 Å². The SMILES string of the molecule is O=S1CC2CCCCC2C1. The maximum absolute atomic E-state index is 11.1. The van der Waals surface area contributed by atoms with Gasteiger partial charge in [-0.1, -0.05) is 12.8 Å². The van der Waals surface area contributed by atoms with Crippen LogP contribution in [-0.4, -0.2) is 15.7 Å². The van der Waals surface area contributed by atoms with Gasteiger partial charge in [-0.15, -0.1) is 0 Å². The third kappa shape index (κ3) is 1.14. The van der Waals surface area contributed by atoms with Gasteiger partial charge in [0.05, 0.1) is 0 Å². The lowest BCUT2D eigenvalue weighted by molar-refractivity contribution is 0.299. The smallest absolute Gasteiger partial charge is 0.0266 e. The second-order valence-electron chi connectivity index (χ2n) is 3.58. The van der Waals surface area contributed by atoms with Gasteiger partial charge < -0.3 is 0 Å². The molecule has 2 fully saturated rings. The van der Waals surface area contributed by atoms with Gasteiger partial charge >= 0.3 is 0 Å². The van der Waals surface area contributed by atoms with E-state index in [2.05, 4.69) is 0 Å². The average Bonchev–Trinajstić information content (AvgIpc) is 2.27. The molecule has 0 amide bonds. The summed E-state index contributed by atoms with van der Waals surface area (Å²) in [4.78, 5) is 0. The fourth-order valence-electron chi connectivity index (χ4n) is 2.27. The molecule has 2 rings (SSSR count). The number of hydrogen-bond acceptors (Lipinski definition) is 1. The van der Waals surface area contributed by atoms with Crippen molar-refractivity contribution in [2.75, 3.05) is 11.5 Å². The Kier molecular flexibility index (Phi) is 1.81. The molecule has 0 N–H and O–H groups in total. The largest absolute Gasteiger partial charge is 0.260 e. The van der Waals surface area contributed by atoms with E-state index in [0.29, 0.717) is 0 Å². The van der Waals surface area contributed by atoms with Crippen LogP contribution in [0.25, 0.3) is 0 Å². The van der Waals surface area contributed by atoms with Gasteiger partial charge in [0.25, 0.3) is 0 Å². The first-order valence-corrected chi connectivity index (χ1v) is 5.70. The Balaban J connectivity index is 2.04. The molecule has 2 atom stereocenters. The maximum Gasteiger partial charge on any atom is 0.0266 e. The summed E-state index contributed by atoms with van der Waals surface area (Å²) < 4.78 is 11.1. The van der Waals surface area contributed by atoms with E-state index in [1.165, 1.54) is 25.7 Å². The van der Waals surface area contributed by atoms with Crippen LogP contribution in [0, 0.1) is 11.8 Å². The molecule has 1 heterocycles. The highest BCUT2D eigenvalue weighted by Gasteiger charge is 2.33. The summed E-state index contributed by atoms with van der Waals surface area (Å²) in [5.41, 5.74) is 0. The monoisotopic (exact) mass is 158 g/mol. The van der Waals surface area contributed by atoms with Crippen molar-refractivity contribution in [2.24, 2.45) is 11.8 Å². The quantitative estimate of drug-likeness (QED) is 0.523. The van der Waals surface area contributed by atoms with E-state index >= 15 is 0 Å². The van der Waals surface area contributed by atoms with Crippen molar-refractivity contribution in [1.29, 1.82) is 0 Å². The summed E-state index contributed by atoms with van der Waals surface area (Å²) in [6.07, 6.45) is 5.49. The molecular weight excluding hydrogens is 144 g/mol. The average molecular weight is 158 g/mol. The van der Waals surface area contributed by atoms with Gasteiger partial charge in [0.1, 0.15) is 0 Å². The van der Waals surface area contributed by atoms with Crippen LogP contribution < -0.4 is 0 Å². The molecule has 0 aromatic heterocycles. The minimum atomic E-state index is -0.443. The van der Waals surface area contributed by atoms with Crippen LogP contribution >= 0.6 is 0 Å². The van der Waals surface area contributed by atoms with Crippen LogP contribution in [0.1, 0.15) is 25.7 Å². The minimum absolute atomic E-state index is 0.443. The van der Waals surface area contributed by atoms with E-state index < -0.39 is 10.8 Å². The minimum Gasteiger partial charge on any atom is -0.260 e. The first-order chi connectivity index (χ1) is 4.86. The summed E-state index contributed by atoms with van der Waals surface area (Å²) in [6.45, 7) is 0. The fourth-order valence-corrected chi connectivity index (χ4v) is 4.24. The van der Waals surface area contributed by atoms with Crippen LogP contribution in [0.15, 0.2) is 0 Å². The summed E-state index contributed by atoms with van der Waals surface area (Å²) in [5.74, 6) is 3.72. The normalized spacial score (nSPS) is 47.0. The third-order valence-electron chi connectivity index (χ3n) is 2.87. The van der Waals surface area contributed by atoms with Crippen molar-refractivity contribution >= 4 is 10.8 Å². The highest BCUT2D eigenvalue weighted by atomic mass is 32.2. The van der Waals surface area contributed by atoms with Gasteiger partial charge in [-0.05, 0) is 24.7 Å². The lowest BCUT2D eigenvalue weighted by Gasteiger charge is -2.22. The van der Waals surface area contributed by atoms with Crippen molar-refractivity contribution in [2.45, 2.75) is 25.7 Å². The molecule has 2 unspecified atom stereocenters. The fraction of sp³-hybridized carbons (Fsp3) is 1.00. The highest BCUT2D eigenvalue weighted by Crippen LogP contribution is 2.35. The molecule has 0 aromatic rings. The molecule has 0 spiro atoms. The highest BCUT2D eigenvalue weighted by molar-refractivity contribution is 7.85. The van der Waals surface area contributed by atoms with Gasteiger partial charge in [-0.2, -0.15) is 0 Å². The molecule has 0 bridgehead atoms. The molecule has 10 heavy (non-hydrogen) atoms. The number of hydrogen-bond donors (Lipinski definition) is 0. The van der Waals surface area contributed by atoms with Crippen LogP contribution in [0.2, 0.25) is 0 Å². The summed E-state index contributed by atoms with van der Waals surface area (Å²) in [6, 6.07) is 0. The molecule has 2 aliphatic rings. The molecule has 1 saturated heterocycles. The zero-order valence-corrected chi connectivity index (χ0v) is 7.03. The Bertz CT molecular complexity index is 139. The Hall–Kier alpha value is 0.150. The lowest BCUT2D eigenvalue weighted by Crippen LogP contribution is -2.16. The first kappa shape index (κ1) is 6.84. The zero-order chi connectivity index (χ0) is 6.97. The molecule has 1 nitrogen and oxygen atoms in total. The maximum atomic E-state index is 11.1. The standard InChI is InChI=1S/C8H14OS/c9-10-5-7-3-1-2-4-8(7)6-10/h7-8H,1-6H2. The van der Waals surface area contributed by atoms with Gasteiger partial charge in [-0.3, -0.25) is 4.21 Å². The number of fused-ring (bicyclic) bond motifs is 1.